The van der Waals surface area contributed by atoms with Crippen LogP contribution in [0.25, 0.3) is 51.6 Å². The maximum absolute atomic E-state index is 13.6. The Morgan fingerprint density at radius 2 is 0.848 bits per heavy atom. The molecule has 9 aromatic rings. The van der Waals surface area contributed by atoms with Gasteiger partial charge in [0.1, 0.15) is 23.8 Å². The zero-order valence-electron chi connectivity index (χ0n) is 59.2. The van der Waals surface area contributed by atoms with Crippen LogP contribution in [-0.4, -0.2) is 101 Å². The molecular weight excluding hydrogens is 1330 g/mol. The predicted octanol–water partition coefficient (Wildman–Crippen LogP) is 16.7. The summed E-state index contributed by atoms with van der Waals surface area (Å²) in [7, 11) is 0. The number of rotatable bonds is 15. The van der Waals surface area contributed by atoms with Crippen LogP contribution in [0.2, 0.25) is 0 Å². The number of benzene rings is 3. The molecule has 6 heterocycles. The number of fused-ring (bicyclic) bond motifs is 6. The number of nitrogens with one attached hydrogen (secondary N) is 3. The van der Waals surface area contributed by atoms with Crippen LogP contribution in [0.4, 0.5) is 27.6 Å². The number of hydrogen-bond acceptors (Lipinski definition) is 15. The molecule has 3 saturated carbocycles. The summed E-state index contributed by atoms with van der Waals surface area (Å²) >= 11 is 0. The lowest BCUT2D eigenvalue weighted by atomic mass is 9.63. The molecular formula is C84H87F3N12O6. The van der Waals surface area contributed by atoms with E-state index in [0.29, 0.717) is 55.3 Å². The third kappa shape index (κ3) is 18.4. The van der Waals surface area contributed by atoms with Gasteiger partial charge in [-0.2, -0.15) is 10.2 Å². The number of pyridine rings is 3. The van der Waals surface area contributed by atoms with Gasteiger partial charge in [-0.15, -0.1) is 0 Å². The van der Waals surface area contributed by atoms with E-state index >= 15 is 0 Å². The lowest BCUT2D eigenvalue weighted by molar-refractivity contribution is 0.127. The molecule has 0 radical (unpaired) electrons. The number of amides is 3. The number of carbonyl (C=O) groups is 3. The second kappa shape index (κ2) is 34.6. The van der Waals surface area contributed by atoms with Crippen molar-refractivity contribution in [2.24, 2.45) is 35.5 Å². The van der Waals surface area contributed by atoms with E-state index in [0.717, 1.165) is 145 Å². The highest BCUT2D eigenvalue weighted by molar-refractivity contribution is 5.69. The minimum Gasteiger partial charge on any atom is -0.450 e. The minimum absolute atomic E-state index is 0.121. The van der Waals surface area contributed by atoms with Crippen molar-refractivity contribution in [3.05, 3.63) is 252 Å². The number of alkyl carbamates (subject to hydrolysis) is 3. The van der Waals surface area contributed by atoms with Gasteiger partial charge in [0.05, 0.1) is 66.4 Å². The topological polar surface area (TPSA) is 231 Å². The number of hydrogen-bond donors (Lipinski definition) is 3. The van der Waals surface area contributed by atoms with E-state index in [-0.39, 0.29) is 71.6 Å². The Morgan fingerprint density at radius 1 is 0.429 bits per heavy atom. The summed E-state index contributed by atoms with van der Waals surface area (Å²) in [5.74, 6) is 2.40. The van der Waals surface area contributed by atoms with Gasteiger partial charge in [0.15, 0.2) is 0 Å². The van der Waals surface area contributed by atoms with Gasteiger partial charge >= 0.3 is 18.3 Å². The van der Waals surface area contributed by atoms with Crippen LogP contribution in [0.1, 0.15) is 147 Å². The highest BCUT2D eigenvalue weighted by Crippen LogP contribution is 2.50. The Balaban J connectivity index is 0.000000140. The third-order valence-electron chi connectivity index (χ3n) is 21.4. The second-order valence-electron chi connectivity index (χ2n) is 27.9. The molecule has 3 N–H and O–H groups in total. The molecule has 15 rings (SSSR count). The highest BCUT2D eigenvalue weighted by atomic mass is 19.1. The maximum Gasteiger partial charge on any atom is 0.407 e. The zero-order chi connectivity index (χ0) is 72.6. The largest absolute Gasteiger partial charge is 0.450 e. The van der Waals surface area contributed by atoms with Gasteiger partial charge in [0.2, 0.25) is 0 Å². The second-order valence-corrected chi connectivity index (χ2v) is 27.9. The van der Waals surface area contributed by atoms with E-state index < -0.39 is 0 Å². The fourth-order valence-corrected chi connectivity index (χ4v) is 16.7. The van der Waals surface area contributed by atoms with E-state index in [1.165, 1.54) is 53.1 Å². The van der Waals surface area contributed by atoms with E-state index in [1.54, 1.807) is 55.5 Å². The van der Waals surface area contributed by atoms with Crippen LogP contribution >= 0.6 is 0 Å². The summed E-state index contributed by atoms with van der Waals surface area (Å²) in [5, 5.41) is 17.4. The molecule has 18 nitrogen and oxygen atoms in total. The van der Waals surface area contributed by atoms with E-state index in [1.807, 2.05) is 100 Å². The first-order valence-electron chi connectivity index (χ1n) is 36.7. The van der Waals surface area contributed by atoms with Crippen LogP contribution in [0, 0.1) is 53.0 Å². The normalized spacial score (nSPS) is 23.4. The third-order valence-corrected chi connectivity index (χ3v) is 21.4. The molecule has 0 saturated heterocycles. The summed E-state index contributed by atoms with van der Waals surface area (Å²) in [6.45, 7) is 6.57. The summed E-state index contributed by atoms with van der Waals surface area (Å²) < 4.78 is 55.9. The summed E-state index contributed by atoms with van der Waals surface area (Å²) in [6.07, 6.45) is 39.3. The fraction of sp³-hybridized carbons (Fsp3) is 0.357. The lowest BCUT2D eigenvalue weighted by Gasteiger charge is -2.43. The monoisotopic (exact) mass is 1420 g/mol. The van der Waals surface area contributed by atoms with Gasteiger partial charge in [-0.25, -0.2) is 37.5 Å². The van der Waals surface area contributed by atoms with Gasteiger partial charge in [-0.1, -0.05) is 72.8 Å². The van der Waals surface area contributed by atoms with Crippen molar-refractivity contribution in [1.29, 1.82) is 0 Å². The molecule has 21 heteroatoms. The Kier molecular flexibility index (Phi) is 23.9. The summed E-state index contributed by atoms with van der Waals surface area (Å²) in [6, 6.07) is 31.7. The van der Waals surface area contributed by atoms with E-state index in [2.05, 4.69) is 86.4 Å². The molecule has 0 spiro atoms. The maximum atomic E-state index is 13.6. The summed E-state index contributed by atoms with van der Waals surface area (Å²) in [4.78, 5) is 67.8. The number of nitrogens with zero attached hydrogens (tertiary/aromatic N) is 9. The van der Waals surface area contributed by atoms with Crippen molar-refractivity contribution in [2.45, 2.75) is 134 Å². The molecule has 6 aliphatic rings. The Labute approximate surface area is 610 Å². The molecule has 0 bridgehead atoms. The van der Waals surface area contributed by atoms with Crippen molar-refractivity contribution < 1.29 is 41.8 Å². The predicted molar refractivity (Wildman–Crippen MR) is 396 cm³/mol. The average Bonchev–Trinajstić information content (AvgIpc) is 0.781. The quantitative estimate of drug-likeness (QED) is 0.0810. The molecule has 6 aromatic heterocycles. The molecule has 6 aliphatic carbocycles. The molecule has 0 aliphatic heterocycles. The molecule has 105 heavy (non-hydrogen) atoms. The average molecular weight is 1420 g/mol. The number of aromatic nitrogens is 9. The number of halogens is 3. The highest BCUT2D eigenvalue weighted by Gasteiger charge is 2.44. The van der Waals surface area contributed by atoms with E-state index in [4.69, 9.17) is 19.2 Å². The fourth-order valence-electron chi connectivity index (χ4n) is 16.7. The first-order chi connectivity index (χ1) is 51.3. The Bertz CT molecular complexity index is 4090. The number of allylic oxidation sites excluding steroid dienone is 3. The SMILES string of the molecule is CCOC(=O)N[C@@H]1CC[C@@H]2[C@H](Cc3cncnc3[C@H]2/C=C/c2ccc(-c3cccc(F)c3)cn2)C1.CCOC(=O)N[C@@H]1CC[C@@H]2[C@H](Cc3cnncc3[C@H]2/C=C/c2ccc(-c3cccc(F)c3)cn2)C1.CCOC(=O)N[C@@H]1CC[C@@H]2[C@H](Cc3nccnc3[C@H]2/C=C/c2ccc(-c3cccc(F)c3)cn2)C1. The molecule has 3 aromatic carbocycles. The smallest absolute Gasteiger partial charge is 0.407 e. The Hall–Kier alpha value is -10.8. The molecule has 540 valence electrons. The van der Waals surface area contributed by atoms with Crippen molar-refractivity contribution in [3.63, 3.8) is 0 Å². The van der Waals surface area contributed by atoms with Gasteiger partial charge in [0, 0.05) is 89.8 Å². The number of ether oxygens (including phenoxy) is 3. The molecule has 0 unspecified atom stereocenters. The van der Waals surface area contributed by atoms with E-state index in [9.17, 15) is 27.6 Å². The van der Waals surface area contributed by atoms with Gasteiger partial charge in [-0.3, -0.25) is 24.9 Å². The summed E-state index contributed by atoms with van der Waals surface area (Å²) in [5.41, 5.74) is 14.4. The molecule has 3 amide bonds. The lowest BCUT2D eigenvalue weighted by Crippen LogP contribution is -2.44. The van der Waals surface area contributed by atoms with Crippen molar-refractivity contribution in [1.82, 2.24) is 61.0 Å². The van der Waals surface area contributed by atoms with Crippen LogP contribution in [-0.2, 0) is 33.5 Å². The Morgan fingerprint density at radius 3 is 1.30 bits per heavy atom. The molecule has 3 fully saturated rings. The minimum atomic E-state index is -0.337. The standard InChI is InChI=1S/3C28H29FN4O2/c1-2-35-28(34)33-24-9-10-25-20(14-24)12-21-15-30-17-32-27(21)26(25)11-8-23-7-6-19(16-31-23)18-4-3-5-22(29)13-18;1-2-35-28(34)33-24-9-10-25-20(14-24)12-21-16-31-32-17-27(21)26(25)11-8-23-7-6-19(15-30-23)18-4-3-5-22(29)13-18;1-2-35-28(34)33-23-9-10-24-20(15-23)16-26-27(31-13-12-30-26)25(24)11-8-22-7-6-19(17-32-22)18-4-3-5-21(29)14-18/h2*3-8,11,13,15-17,20,24-26H,2,9-10,12,14H2,1H3,(H,33,34);3-8,11-14,17,20,23-25H,2,9-10,15-16H2,1H3,(H,33,34)/b3*11-8+/t2*20-,24-,25-,26+;20-,23+,24+,25-/m110/s1. The van der Waals surface area contributed by atoms with Crippen LogP contribution in [0.3, 0.4) is 0 Å². The number of carbonyl (C=O) groups excluding carboxylic acids is 3. The van der Waals surface area contributed by atoms with Crippen LogP contribution < -0.4 is 16.0 Å². The van der Waals surface area contributed by atoms with Crippen LogP contribution in [0.5, 0.6) is 0 Å². The molecule has 12 atom stereocenters. The van der Waals surface area contributed by atoms with Crippen molar-refractivity contribution >= 4 is 36.5 Å². The van der Waals surface area contributed by atoms with Gasteiger partial charge in [-0.05, 0) is 240 Å². The van der Waals surface area contributed by atoms with Gasteiger partial charge in [0.25, 0.3) is 0 Å². The van der Waals surface area contributed by atoms with Gasteiger partial charge < -0.3 is 30.2 Å². The zero-order valence-corrected chi connectivity index (χ0v) is 59.2. The van der Waals surface area contributed by atoms with Crippen molar-refractivity contribution in [3.8, 4) is 33.4 Å². The van der Waals surface area contributed by atoms with Crippen LogP contribution in [0.15, 0.2) is 183 Å². The first kappa shape index (κ1) is 72.5. The van der Waals surface area contributed by atoms with Crippen molar-refractivity contribution in [2.75, 3.05) is 19.8 Å². The first-order valence-corrected chi connectivity index (χ1v) is 36.7.